The summed E-state index contributed by atoms with van der Waals surface area (Å²) in [5, 5.41) is 4.45. The molecule has 1 aromatic heterocycles. The molecule has 0 aliphatic carbocycles. The molecular weight excluding hydrogens is 248 g/mol. The Morgan fingerprint density at radius 2 is 2.10 bits per heavy atom. The van der Waals surface area contributed by atoms with Crippen LogP contribution in [-0.2, 0) is 6.54 Å². The van der Waals surface area contributed by atoms with Gasteiger partial charge in [-0.1, -0.05) is 25.1 Å². The zero-order valence-electron chi connectivity index (χ0n) is 11.9. The van der Waals surface area contributed by atoms with Gasteiger partial charge in [-0.3, -0.25) is 4.90 Å². The Hall–Kier alpha value is -1.65. The molecule has 4 nitrogen and oxygen atoms in total. The molecule has 2 aromatic rings. The molecular formula is C16H22N4. The van der Waals surface area contributed by atoms with E-state index in [9.17, 15) is 0 Å². The van der Waals surface area contributed by atoms with Crippen molar-refractivity contribution in [2.24, 2.45) is 11.7 Å². The second-order valence-electron chi connectivity index (χ2n) is 5.79. The normalized spacial score (nSPS) is 23.9. The fourth-order valence-electron chi connectivity index (χ4n) is 2.82. The SMILES string of the molecule is CC1CN(Cc2cnn(-c3ccccc3)c2)CCC1N. The van der Waals surface area contributed by atoms with E-state index >= 15 is 0 Å². The molecule has 0 bridgehead atoms. The van der Waals surface area contributed by atoms with Crippen LogP contribution < -0.4 is 5.73 Å². The number of aromatic nitrogens is 2. The van der Waals surface area contributed by atoms with E-state index in [1.807, 2.05) is 29.1 Å². The average molecular weight is 270 g/mol. The second kappa shape index (κ2) is 5.77. The number of nitrogens with zero attached hydrogens (tertiary/aromatic N) is 3. The molecule has 0 saturated carbocycles. The van der Waals surface area contributed by atoms with Crippen LogP contribution in [0.25, 0.3) is 5.69 Å². The maximum absolute atomic E-state index is 6.07. The summed E-state index contributed by atoms with van der Waals surface area (Å²) in [6, 6.07) is 10.6. The van der Waals surface area contributed by atoms with Gasteiger partial charge in [0, 0.05) is 30.9 Å². The number of rotatable bonds is 3. The van der Waals surface area contributed by atoms with Gasteiger partial charge in [0.05, 0.1) is 11.9 Å². The first-order chi connectivity index (χ1) is 9.72. The highest BCUT2D eigenvalue weighted by Crippen LogP contribution is 2.17. The zero-order chi connectivity index (χ0) is 13.9. The summed E-state index contributed by atoms with van der Waals surface area (Å²) in [6.45, 7) is 5.37. The molecule has 3 rings (SSSR count). The Bertz CT molecular complexity index is 549. The summed E-state index contributed by atoms with van der Waals surface area (Å²) >= 11 is 0. The molecule has 1 fully saturated rings. The van der Waals surface area contributed by atoms with E-state index in [0.717, 1.165) is 31.7 Å². The second-order valence-corrected chi connectivity index (χ2v) is 5.79. The van der Waals surface area contributed by atoms with Gasteiger partial charge in [0.1, 0.15) is 0 Å². The van der Waals surface area contributed by atoms with Crippen LogP contribution >= 0.6 is 0 Å². The number of hydrogen-bond acceptors (Lipinski definition) is 3. The minimum Gasteiger partial charge on any atom is -0.327 e. The summed E-state index contributed by atoms with van der Waals surface area (Å²) in [5.74, 6) is 0.577. The van der Waals surface area contributed by atoms with E-state index in [-0.39, 0.29) is 0 Å². The first-order valence-electron chi connectivity index (χ1n) is 7.29. The maximum Gasteiger partial charge on any atom is 0.0645 e. The standard InChI is InChI=1S/C16H22N4/c1-13-10-19(8-7-16(13)17)11-14-9-18-20(12-14)15-5-3-2-4-6-15/h2-6,9,12-13,16H,7-8,10-11,17H2,1H3. The third-order valence-electron chi connectivity index (χ3n) is 4.12. The lowest BCUT2D eigenvalue weighted by Crippen LogP contribution is -2.45. The molecule has 2 atom stereocenters. The van der Waals surface area contributed by atoms with Gasteiger partial charge in [0.15, 0.2) is 0 Å². The molecule has 2 heterocycles. The lowest BCUT2D eigenvalue weighted by Gasteiger charge is -2.34. The summed E-state index contributed by atoms with van der Waals surface area (Å²) in [5.41, 5.74) is 8.44. The van der Waals surface area contributed by atoms with Gasteiger partial charge in [-0.2, -0.15) is 5.10 Å². The molecule has 20 heavy (non-hydrogen) atoms. The number of para-hydroxylation sites is 1. The van der Waals surface area contributed by atoms with Gasteiger partial charge in [0.25, 0.3) is 0 Å². The van der Waals surface area contributed by atoms with Crippen LogP contribution in [0.2, 0.25) is 0 Å². The molecule has 1 aromatic carbocycles. The first kappa shape index (κ1) is 13.3. The predicted octanol–water partition coefficient (Wildman–Crippen LogP) is 2.04. The third kappa shape index (κ3) is 2.92. The number of benzene rings is 1. The minimum absolute atomic E-state index is 0.360. The van der Waals surface area contributed by atoms with Crippen molar-refractivity contribution in [1.82, 2.24) is 14.7 Å². The van der Waals surface area contributed by atoms with Crippen molar-refractivity contribution >= 4 is 0 Å². The molecule has 0 radical (unpaired) electrons. The highest BCUT2D eigenvalue weighted by atomic mass is 15.3. The summed E-state index contributed by atoms with van der Waals surface area (Å²) in [7, 11) is 0. The van der Waals surface area contributed by atoms with Crippen LogP contribution in [0, 0.1) is 5.92 Å². The monoisotopic (exact) mass is 270 g/mol. The van der Waals surface area contributed by atoms with E-state index in [1.54, 1.807) is 0 Å². The van der Waals surface area contributed by atoms with E-state index in [4.69, 9.17) is 5.73 Å². The third-order valence-corrected chi connectivity index (χ3v) is 4.12. The van der Waals surface area contributed by atoms with Crippen molar-refractivity contribution in [3.8, 4) is 5.69 Å². The zero-order valence-corrected chi connectivity index (χ0v) is 11.9. The largest absolute Gasteiger partial charge is 0.327 e. The maximum atomic E-state index is 6.07. The highest BCUT2D eigenvalue weighted by Gasteiger charge is 2.23. The van der Waals surface area contributed by atoms with Crippen molar-refractivity contribution in [2.45, 2.75) is 25.9 Å². The molecule has 2 N–H and O–H groups in total. The van der Waals surface area contributed by atoms with Gasteiger partial charge in [-0.25, -0.2) is 4.68 Å². The van der Waals surface area contributed by atoms with Crippen LogP contribution in [0.3, 0.4) is 0 Å². The smallest absolute Gasteiger partial charge is 0.0645 e. The summed E-state index contributed by atoms with van der Waals surface area (Å²) in [4.78, 5) is 2.47. The fourth-order valence-corrected chi connectivity index (χ4v) is 2.82. The lowest BCUT2D eigenvalue weighted by molar-refractivity contribution is 0.158. The van der Waals surface area contributed by atoms with Crippen LogP contribution in [0.1, 0.15) is 18.9 Å². The molecule has 0 spiro atoms. The van der Waals surface area contributed by atoms with Crippen molar-refractivity contribution in [1.29, 1.82) is 0 Å². The van der Waals surface area contributed by atoms with Crippen LogP contribution in [0.15, 0.2) is 42.7 Å². The molecule has 1 aliphatic heterocycles. The summed E-state index contributed by atoms with van der Waals surface area (Å²) < 4.78 is 1.94. The van der Waals surface area contributed by atoms with Gasteiger partial charge < -0.3 is 5.73 Å². The van der Waals surface area contributed by atoms with Gasteiger partial charge in [-0.05, 0) is 31.0 Å². The number of likely N-dealkylation sites (tertiary alicyclic amines) is 1. The Morgan fingerprint density at radius 1 is 1.30 bits per heavy atom. The molecule has 2 unspecified atom stereocenters. The topological polar surface area (TPSA) is 47.1 Å². The van der Waals surface area contributed by atoms with Gasteiger partial charge >= 0.3 is 0 Å². The van der Waals surface area contributed by atoms with Crippen molar-refractivity contribution in [3.05, 3.63) is 48.3 Å². The Balaban J connectivity index is 1.66. The van der Waals surface area contributed by atoms with Crippen molar-refractivity contribution in [3.63, 3.8) is 0 Å². The number of nitrogens with two attached hydrogens (primary N) is 1. The molecule has 0 amide bonds. The van der Waals surface area contributed by atoms with Crippen LogP contribution in [0.5, 0.6) is 0 Å². The molecule has 106 valence electrons. The highest BCUT2D eigenvalue weighted by molar-refractivity contribution is 5.30. The van der Waals surface area contributed by atoms with E-state index in [1.165, 1.54) is 5.56 Å². The average Bonchev–Trinajstić information content (AvgIpc) is 2.92. The van der Waals surface area contributed by atoms with Crippen molar-refractivity contribution < 1.29 is 0 Å². The van der Waals surface area contributed by atoms with E-state index in [2.05, 4.69) is 35.3 Å². The van der Waals surface area contributed by atoms with E-state index in [0.29, 0.717) is 12.0 Å². The van der Waals surface area contributed by atoms with Crippen molar-refractivity contribution in [2.75, 3.05) is 13.1 Å². The number of hydrogen-bond donors (Lipinski definition) is 1. The summed E-state index contributed by atoms with van der Waals surface area (Å²) in [6.07, 6.45) is 5.18. The Morgan fingerprint density at radius 3 is 2.85 bits per heavy atom. The predicted molar refractivity (Wildman–Crippen MR) is 80.6 cm³/mol. The van der Waals surface area contributed by atoms with Gasteiger partial charge in [0.2, 0.25) is 0 Å². The van der Waals surface area contributed by atoms with Crippen LogP contribution in [-0.4, -0.2) is 33.8 Å². The first-order valence-corrected chi connectivity index (χ1v) is 7.29. The fraction of sp³-hybridized carbons (Fsp3) is 0.438. The molecule has 4 heteroatoms. The molecule has 1 aliphatic rings. The Kier molecular flexibility index (Phi) is 3.85. The van der Waals surface area contributed by atoms with Crippen LogP contribution in [0.4, 0.5) is 0 Å². The minimum atomic E-state index is 0.360. The van der Waals surface area contributed by atoms with Gasteiger partial charge in [-0.15, -0.1) is 0 Å². The number of piperidine rings is 1. The quantitative estimate of drug-likeness (QED) is 0.928. The van der Waals surface area contributed by atoms with E-state index < -0.39 is 0 Å². The lowest BCUT2D eigenvalue weighted by atomic mass is 9.95. The molecule has 1 saturated heterocycles. The Labute approximate surface area is 120 Å².